The molecule has 3 nitrogen and oxygen atoms in total. The van der Waals surface area contributed by atoms with Crippen LogP contribution >= 0.6 is 15.9 Å². The predicted octanol–water partition coefficient (Wildman–Crippen LogP) is 5.32. The number of hydrogen-bond acceptors (Lipinski definition) is 3. The van der Waals surface area contributed by atoms with Crippen molar-refractivity contribution in [2.75, 3.05) is 0 Å². The summed E-state index contributed by atoms with van der Waals surface area (Å²) < 4.78 is 73.7. The molecule has 2 atom stereocenters. The van der Waals surface area contributed by atoms with Crippen molar-refractivity contribution in [1.82, 2.24) is 4.98 Å². The lowest BCUT2D eigenvalue weighted by atomic mass is 10.1. The number of ether oxygens (including phenoxy) is 1. The quantitative estimate of drug-likeness (QED) is 0.636. The summed E-state index contributed by atoms with van der Waals surface area (Å²) in [5.41, 5.74) is -1.44. The molecule has 3 rings (SSSR count). The Balaban J connectivity index is 2.10. The van der Waals surface area contributed by atoms with Crippen molar-refractivity contribution in [2.45, 2.75) is 18.3 Å². The average Bonchev–Trinajstić information content (AvgIpc) is 2.71. The zero-order valence-electron chi connectivity index (χ0n) is 11.5. The maximum atomic E-state index is 14.1. The van der Waals surface area contributed by atoms with Gasteiger partial charge in [0.2, 0.25) is 5.88 Å². The Morgan fingerprint density at radius 2 is 1.83 bits per heavy atom. The molecule has 0 aliphatic heterocycles. The van der Waals surface area contributed by atoms with E-state index in [1.165, 1.54) is 0 Å². The molecule has 1 heterocycles. The Kier molecular flexibility index (Phi) is 3.95. The lowest BCUT2D eigenvalue weighted by molar-refractivity contribution is -0.116. The van der Waals surface area contributed by atoms with Crippen molar-refractivity contribution < 1.29 is 26.7 Å². The number of rotatable bonds is 2. The number of halogens is 6. The molecule has 0 amide bonds. The van der Waals surface area contributed by atoms with Crippen molar-refractivity contribution in [3.05, 3.63) is 51.4 Å². The molecule has 24 heavy (non-hydrogen) atoms. The van der Waals surface area contributed by atoms with E-state index in [4.69, 9.17) is 10.00 Å². The van der Waals surface area contributed by atoms with Gasteiger partial charge in [-0.25, -0.2) is 18.2 Å². The van der Waals surface area contributed by atoms with Crippen LogP contribution < -0.4 is 4.74 Å². The van der Waals surface area contributed by atoms with E-state index in [0.29, 0.717) is 0 Å². The second kappa shape index (κ2) is 5.70. The standard InChI is InChI=1S/C15H6BrF5N2O/c16-9-5-23-14(11-10(9)12(18)15(20,21)13(11)19)24-8-2-6(4-22)1-7(17)3-8/h1-3,5,12-13H. The zero-order valence-corrected chi connectivity index (χ0v) is 13.1. The molecule has 2 unspecified atom stereocenters. The minimum absolute atomic E-state index is 0.0933. The third-order valence-electron chi connectivity index (χ3n) is 3.47. The van der Waals surface area contributed by atoms with Crippen molar-refractivity contribution in [3.63, 3.8) is 0 Å². The van der Waals surface area contributed by atoms with Gasteiger partial charge in [-0.3, -0.25) is 0 Å². The maximum absolute atomic E-state index is 14.1. The molecule has 0 saturated carbocycles. The van der Waals surface area contributed by atoms with Gasteiger partial charge in [0, 0.05) is 22.3 Å². The molecule has 1 aromatic heterocycles. The summed E-state index contributed by atoms with van der Waals surface area (Å²) >= 11 is 2.86. The normalized spacial score (nSPS) is 21.2. The molecular formula is C15H6BrF5N2O. The number of aromatic nitrogens is 1. The highest BCUT2D eigenvalue weighted by molar-refractivity contribution is 9.10. The van der Waals surface area contributed by atoms with Gasteiger partial charge in [-0.1, -0.05) is 0 Å². The Morgan fingerprint density at radius 3 is 2.50 bits per heavy atom. The van der Waals surface area contributed by atoms with E-state index in [-0.39, 0.29) is 15.8 Å². The lowest BCUT2D eigenvalue weighted by Crippen LogP contribution is -2.21. The minimum Gasteiger partial charge on any atom is -0.438 e. The topological polar surface area (TPSA) is 45.9 Å². The van der Waals surface area contributed by atoms with E-state index in [0.717, 1.165) is 24.4 Å². The molecular weight excluding hydrogens is 399 g/mol. The first kappa shape index (κ1) is 16.6. The average molecular weight is 405 g/mol. The highest BCUT2D eigenvalue weighted by Gasteiger charge is 2.59. The molecule has 1 aliphatic carbocycles. The first-order chi connectivity index (χ1) is 11.3. The van der Waals surface area contributed by atoms with Crippen molar-refractivity contribution >= 4 is 15.9 Å². The number of pyridine rings is 1. The monoisotopic (exact) mass is 404 g/mol. The van der Waals surface area contributed by atoms with Crippen LogP contribution in [0.2, 0.25) is 0 Å². The summed E-state index contributed by atoms with van der Waals surface area (Å²) in [5.74, 6) is -5.95. The molecule has 0 saturated heterocycles. The van der Waals surface area contributed by atoms with E-state index < -0.39 is 41.1 Å². The molecule has 1 aliphatic rings. The van der Waals surface area contributed by atoms with E-state index in [9.17, 15) is 22.0 Å². The molecule has 0 radical (unpaired) electrons. The summed E-state index contributed by atoms with van der Waals surface area (Å²) in [6.45, 7) is 0. The molecule has 2 aromatic rings. The first-order valence-corrected chi connectivity index (χ1v) is 7.27. The Morgan fingerprint density at radius 1 is 1.17 bits per heavy atom. The van der Waals surface area contributed by atoms with E-state index >= 15 is 0 Å². The fraction of sp³-hybridized carbons (Fsp3) is 0.200. The summed E-state index contributed by atoms with van der Waals surface area (Å²) in [6, 6.07) is 4.59. The van der Waals surface area contributed by atoms with Crippen LogP contribution in [0.3, 0.4) is 0 Å². The second-order valence-corrected chi connectivity index (χ2v) is 5.88. The summed E-state index contributed by atoms with van der Waals surface area (Å²) in [7, 11) is 0. The smallest absolute Gasteiger partial charge is 0.317 e. The van der Waals surface area contributed by atoms with E-state index in [1.807, 2.05) is 0 Å². The third kappa shape index (κ3) is 2.51. The number of hydrogen-bond donors (Lipinski definition) is 0. The number of nitrogens with zero attached hydrogens (tertiary/aromatic N) is 2. The van der Waals surface area contributed by atoms with Gasteiger partial charge in [0.15, 0.2) is 12.3 Å². The van der Waals surface area contributed by atoms with Crippen molar-refractivity contribution in [2.24, 2.45) is 0 Å². The van der Waals surface area contributed by atoms with Gasteiger partial charge in [0.1, 0.15) is 11.6 Å². The third-order valence-corrected chi connectivity index (χ3v) is 4.10. The Hall–Kier alpha value is -2.21. The van der Waals surface area contributed by atoms with Gasteiger partial charge in [0.05, 0.1) is 17.2 Å². The Labute approximate surface area is 140 Å². The van der Waals surface area contributed by atoms with E-state index in [1.54, 1.807) is 6.07 Å². The van der Waals surface area contributed by atoms with Gasteiger partial charge in [-0.2, -0.15) is 14.0 Å². The largest absolute Gasteiger partial charge is 0.438 e. The van der Waals surface area contributed by atoms with E-state index in [2.05, 4.69) is 20.9 Å². The number of alkyl halides is 4. The summed E-state index contributed by atoms with van der Waals surface area (Å²) in [4.78, 5) is 3.67. The van der Waals surface area contributed by atoms with Gasteiger partial charge in [-0.15, -0.1) is 0 Å². The van der Waals surface area contributed by atoms with Crippen LogP contribution in [-0.2, 0) is 0 Å². The van der Waals surface area contributed by atoms with Crippen molar-refractivity contribution in [3.8, 4) is 17.7 Å². The van der Waals surface area contributed by atoms with Crippen LogP contribution in [0.5, 0.6) is 11.6 Å². The minimum atomic E-state index is -4.27. The molecule has 1 aromatic carbocycles. The van der Waals surface area contributed by atoms with Gasteiger partial charge < -0.3 is 4.74 Å². The first-order valence-electron chi connectivity index (χ1n) is 6.48. The fourth-order valence-electron chi connectivity index (χ4n) is 2.39. The van der Waals surface area contributed by atoms with Crippen LogP contribution in [0.4, 0.5) is 22.0 Å². The number of benzene rings is 1. The van der Waals surface area contributed by atoms with Gasteiger partial charge in [0.25, 0.3) is 0 Å². The van der Waals surface area contributed by atoms with Crippen LogP contribution in [-0.4, -0.2) is 10.9 Å². The number of nitriles is 1. The van der Waals surface area contributed by atoms with Crippen LogP contribution in [0, 0.1) is 17.1 Å². The van der Waals surface area contributed by atoms with Crippen LogP contribution in [0.25, 0.3) is 0 Å². The molecule has 0 fully saturated rings. The Bertz CT molecular complexity index is 868. The molecule has 0 N–H and O–H groups in total. The van der Waals surface area contributed by atoms with Crippen LogP contribution in [0.15, 0.2) is 28.9 Å². The second-order valence-electron chi connectivity index (χ2n) is 5.03. The molecule has 9 heteroatoms. The number of fused-ring (bicyclic) bond motifs is 1. The summed E-state index contributed by atoms with van der Waals surface area (Å²) in [6.07, 6.45) is -4.85. The van der Waals surface area contributed by atoms with Crippen LogP contribution in [0.1, 0.15) is 29.0 Å². The molecule has 0 bridgehead atoms. The highest BCUT2D eigenvalue weighted by Crippen LogP contribution is 2.58. The highest BCUT2D eigenvalue weighted by atomic mass is 79.9. The molecule has 124 valence electrons. The predicted molar refractivity (Wildman–Crippen MR) is 75.8 cm³/mol. The van der Waals surface area contributed by atoms with Gasteiger partial charge >= 0.3 is 5.92 Å². The summed E-state index contributed by atoms with van der Waals surface area (Å²) in [5, 5.41) is 8.79. The SMILES string of the molecule is N#Cc1cc(F)cc(Oc2ncc(Br)c3c2C(F)C(F)(F)C3F)c1. The van der Waals surface area contributed by atoms with Gasteiger partial charge in [-0.05, 0) is 28.1 Å². The lowest BCUT2D eigenvalue weighted by Gasteiger charge is -2.14. The fourth-order valence-corrected chi connectivity index (χ4v) is 2.91. The maximum Gasteiger partial charge on any atom is 0.317 e. The van der Waals surface area contributed by atoms with Crippen molar-refractivity contribution in [1.29, 1.82) is 5.26 Å². The molecule has 0 spiro atoms. The zero-order chi connectivity index (χ0) is 17.6.